The van der Waals surface area contributed by atoms with E-state index in [4.69, 9.17) is 0 Å². The molecular weight excluding hydrogens is 380 g/mol. The molecule has 8 heteroatoms. The van der Waals surface area contributed by atoms with Gasteiger partial charge in [0.2, 0.25) is 15.9 Å². The number of anilines is 1. The normalized spacial score (nSPS) is 19.8. The van der Waals surface area contributed by atoms with Crippen LogP contribution in [-0.2, 0) is 19.6 Å². The van der Waals surface area contributed by atoms with E-state index >= 15 is 0 Å². The van der Waals surface area contributed by atoms with Crippen molar-refractivity contribution in [1.82, 2.24) is 4.31 Å². The minimum atomic E-state index is -3.71. The van der Waals surface area contributed by atoms with E-state index in [0.29, 0.717) is 18.5 Å². The number of nitrogens with one attached hydrogen (secondary N) is 1. The second-order valence-electron chi connectivity index (χ2n) is 6.75. The van der Waals surface area contributed by atoms with Crippen molar-refractivity contribution in [3.8, 4) is 0 Å². The summed E-state index contributed by atoms with van der Waals surface area (Å²) in [5, 5.41) is 12.0. The van der Waals surface area contributed by atoms with Crippen LogP contribution < -0.4 is 5.32 Å². The Bertz CT molecular complexity index is 823. The highest BCUT2D eigenvalue weighted by molar-refractivity contribution is 7.89. The highest BCUT2D eigenvalue weighted by atomic mass is 32.2. The number of benzene rings is 1. The monoisotopic (exact) mass is 406 g/mol. The average Bonchev–Trinajstić information content (AvgIpc) is 2.68. The number of carbonyl (C=O) groups excluding carboxylic acids is 1. The summed E-state index contributed by atoms with van der Waals surface area (Å²) in [6.45, 7) is 7.46. The number of amides is 1. The van der Waals surface area contributed by atoms with Gasteiger partial charge in [-0.25, -0.2) is 8.42 Å². The molecule has 2 rings (SSSR count). The third-order valence-corrected chi connectivity index (χ3v) is 6.69. The molecule has 0 bridgehead atoms. The lowest BCUT2D eigenvalue weighted by atomic mass is 9.78. The Labute approximate surface area is 165 Å². The molecule has 152 valence electrons. The zero-order chi connectivity index (χ0) is 20.7. The van der Waals surface area contributed by atoms with Gasteiger partial charge in [-0.15, -0.1) is 13.2 Å². The first-order valence-electron chi connectivity index (χ1n) is 9.17. The van der Waals surface area contributed by atoms with Crippen molar-refractivity contribution in [2.45, 2.75) is 30.6 Å². The van der Waals surface area contributed by atoms with Crippen LogP contribution in [0.2, 0.25) is 0 Å². The zero-order valence-corrected chi connectivity index (χ0v) is 16.5. The van der Waals surface area contributed by atoms with Gasteiger partial charge in [-0.2, -0.15) is 4.31 Å². The molecular formula is C20H26N2O5S. The Hall–Kier alpha value is -2.45. The van der Waals surface area contributed by atoms with Crippen LogP contribution in [0, 0.1) is 11.8 Å². The number of carboxylic acid groups (broad SMARTS) is 1. The van der Waals surface area contributed by atoms with Gasteiger partial charge in [0.25, 0.3) is 0 Å². The fourth-order valence-corrected chi connectivity index (χ4v) is 4.77. The summed E-state index contributed by atoms with van der Waals surface area (Å²) in [5.74, 6) is -2.56. The van der Waals surface area contributed by atoms with Crippen molar-refractivity contribution in [2.75, 3.05) is 18.4 Å². The van der Waals surface area contributed by atoms with E-state index < -0.39 is 27.8 Å². The predicted octanol–water partition coefficient (Wildman–Crippen LogP) is 2.88. The number of carbonyl (C=O) groups is 2. The van der Waals surface area contributed by atoms with Gasteiger partial charge in [0, 0.05) is 18.8 Å². The predicted molar refractivity (Wildman–Crippen MR) is 107 cm³/mol. The molecule has 0 heterocycles. The van der Waals surface area contributed by atoms with Gasteiger partial charge >= 0.3 is 5.97 Å². The van der Waals surface area contributed by atoms with E-state index in [-0.39, 0.29) is 23.9 Å². The molecule has 1 aliphatic carbocycles. The second kappa shape index (κ2) is 9.66. The Balaban J connectivity index is 2.13. The van der Waals surface area contributed by atoms with Crippen LogP contribution in [-0.4, -0.2) is 42.8 Å². The molecule has 1 aromatic carbocycles. The minimum Gasteiger partial charge on any atom is -0.481 e. The second-order valence-corrected chi connectivity index (χ2v) is 8.69. The molecule has 1 saturated carbocycles. The van der Waals surface area contributed by atoms with Crippen LogP contribution in [0.3, 0.4) is 0 Å². The van der Waals surface area contributed by atoms with Gasteiger partial charge in [-0.1, -0.05) is 25.0 Å². The molecule has 0 radical (unpaired) electrons. The molecule has 1 amide bonds. The van der Waals surface area contributed by atoms with Crippen LogP contribution in [0.5, 0.6) is 0 Å². The van der Waals surface area contributed by atoms with Crippen molar-refractivity contribution in [2.24, 2.45) is 11.8 Å². The number of sulfonamides is 1. The van der Waals surface area contributed by atoms with E-state index in [1.54, 1.807) is 0 Å². The van der Waals surface area contributed by atoms with Gasteiger partial charge in [0.1, 0.15) is 0 Å². The molecule has 7 nitrogen and oxygen atoms in total. The standard InChI is InChI=1S/C20H26N2O5S/c1-3-13-22(14-4-2)28(26,27)16-11-9-15(10-12-16)21-19(23)17-7-5-6-8-18(17)20(24)25/h3-4,9-12,17-18H,1-2,5-8,13-14H2,(H,21,23)(H,24,25). The van der Waals surface area contributed by atoms with Crippen molar-refractivity contribution in [3.63, 3.8) is 0 Å². The van der Waals surface area contributed by atoms with Crippen LogP contribution in [0.25, 0.3) is 0 Å². The Morgan fingerprint density at radius 1 is 1.07 bits per heavy atom. The van der Waals surface area contributed by atoms with Gasteiger partial charge < -0.3 is 10.4 Å². The summed E-state index contributed by atoms with van der Waals surface area (Å²) in [7, 11) is -3.71. The van der Waals surface area contributed by atoms with Crippen LogP contribution in [0.4, 0.5) is 5.69 Å². The van der Waals surface area contributed by atoms with E-state index in [0.717, 1.165) is 12.8 Å². The molecule has 1 fully saturated rings. The first-order valence-corrected chi connectivity index (χ1v) is 10.6. The van der Waals surface area contributed by atoms with Crippen LogP contribution in [0.1, 0.15) is 25.7 Å². The molecule has 0 spiro atoms. The Morgan fingerprint density at radius 3 is 2.11 bits per heavy atom. The summed E-state index contributed by atoms with van der Waals surface area (Å²) in [6.07, 6.45) is 5.65. The molecule has 0 aliphatic heterocycles. The summed E-state index contributed by atoms with van der Waals surface area (Å²) in [4.78, 5) is 24.0. The summed E-state index contributed by atoms with van der Waals surface area (Å²) < 4.78 is 26.6. The van der Waals surface area contributed by atoms with Crippen molar-refractivity contribution in [1.29, 1.82) is 0 Å². The Morgan fingerprint density at radius 2 is 1.61 bits per heavy atom. The highest BCUT2D eigenvalue weighted by Gasteiger charge is 2.35. The average molecular weight is 407 g/mol. The molecule has 2 unspecified atom stereocenters. The minimum absolute atomic E-state index is 0.0928. The number of hydrogen-bond acceptors (Lipinski definition) is 4. The van der Waals surface area contributed by atoms with Gasteiger partial charge in [0.15, 0.2) is 0 Å². The first kappa shape index (κ1) is 21.8. The lowest BCUT2D eigenvalue weighted by Gasteiger charge is -2.27. The van der Waals surface area contributed by atoms with E-state index in [1.165, 1.54) is 40.7 Å². The van der Waals surface area contributed by atoms with Gasteiger partial charge in [0.05, 0.1) is 16.7 Å². The van der Waals surface area contributed by atoms with E-state index in [1.807, 2.05) is 0 Å². The Kier molecular flexibility index (Phi) is 7.53. The maximum absolute atomic E-state index is 12.7. The summed E-state index contributed by atoms with van der Waals surface area (Å²) in [5.41, 5.74) is 0.428. The number of aliphatic carboxylic acids is 1. The van der Waals surface area contributed by atoms with Crippen molar-refractivity contribution < 1.29 is 23.1 Å². The third kappa shape index (κ3) is 5.08. The maximum Gasteiger partial charge on any atom is 0.307 e. The number of carboxylic acids is 1. The quantitative estimate of drug-likeness (QED) is 0.614. The third-order valence-electron chi connectivity index (χ3n) is 4.85. The molecule has 1 aliphatic rings. The summed E-state index contributed by atoms with van der Waals surface area (Å²) >= 11 is 0. The molecule has 28 heavy (non-hydrogen) atoms. The van der Waals surface area contributed by atoms with Crippen LogP contribution in [0.15, 0.2) is 54.5 Å². The summed E-state index contributed by atoms with van der Waals surface area (Å²) in [6, 6.07) is 5.84. The molecule has 1 aromatic rings. The maximum atomic E-state index is 12.7. The van der Waals surface area contributed by atoms with E-state index in [2.05, 4.69) is 18.5 Å². The number of nitrogens with zero attached hydrogens (tertiary/aromatic N) is 1. The topological polar surface area (TPSA) is 104 Å². The fourth-order valence-electron chi connectivity index (χ4n) is 3.39. The van der Waals surface area contributed by atoms with Crippen molar-refractivity contribution >= 4 is 27.6 Å². The van der Waals surface area contributed by atoms with Gasteiger partial charge in [-0.3, -0.25) is 9.59 Å². The number of rotatable bonds is 9. The lowest BCUT2D eigenvalue weighted by Crippen LogP contribution is -2.36. The molecule has 0 aromatic heterocycles. The largest absolute Gasteiger partial charge is 0.481 e. The molecule has 2 atom stereocenters. The molecule has 2 N–H and O–H groups in total. The lowest BCUT2D eigenvalue weighted by molar-refractivity contribution is -0.147. The SMILES string of the molecule is C=CCN(CC=C)S(=O)(=O)c1ccc(NC(=O)C2CCCCC2C(=O)O)cc1. The molecule has 0 saturated heterocycles. The van der Waals surface area contributed by atoms with Crippen molar-refractivity contribution in [3.05, 3.63) is 49.6 Å². The van der Waals surface area contributed by atoms with E-state index in [9.17, 15) is 23.1 Å². The van der Waals surface area contributed by atoms with Gasteiger partial charge in [-0.05, 0) is 37.1 Å². The highest BCUT2D eigenvalue weighted by Crippen LogP contribution is 2.31. The zero-order valence-electron chi connectivity index (χ0n) is 15.7. The van der Waals surface area contributed by atoms with Crippen LogP contribution >= 0.6 is 0 Å². The first-order chi connectivity index (χ1) is 13.3. The number of hydrogen-bond donors (Lipinski definition) is 2. The smallest absolute Gasteiger partial charge is 0.307 e. The fraction of sp³-hybridized carbons (Fsp3) is 0.400.